The zero-order valence-electron chi connectivity index (χ0n) is 14.1. The van der Waals surface area contributed by atoms with Crippen molar-refractivity contribution in [2.45, 2.75) is 25.3 Å². The predicted octanol–water partition coefficient (Wildman–Crippen LogP) is 2.54. The van der Waals surface area contributed by atoms with Crippen LogP contribution in [0.4, 0.5) is 5.82 Å². The van der Waals surface area contributed by atoms with Crippen molar-refractivity contribution in [2.24, 2.45) is 17.6 Å². The van der Waals surface area contributed by atoms with Crippen molar-refractivity contribution in [3.8, 4) is 11.3 Å². The van der Waals surface area contributed by atoms with Crippen LogP contribution in [0.3, 0.4) is 0 Å². The molecule has 2 aliphatic rings. The van der Waals surface area contributed by atoms with Crippen LogP contribution in [0.1, 0.15) is 18.4 Å². The Balaban J connectivity index is 1.36. The summed E-state index contributed by atoms with van der Waals surface area (Å²) in [4.78, 5) is 6.99. The summed E-state index contributed by atoms with van der Waals surface area (Å²) >= 11 is 0. The SMILES string of the molecule is Nc1cccc(-c2ccc(CCN3CC4CCC(C3)C4N)cc2)n1. The molecule has 4 nitrogen and oxygen atoms in total. The lowest BCUT2D eigenvalue weighted by molar-refractivity contribution is 0.149. The van der Waals surface area contributed by atoms with Crippen LogP contribution >= 0.6 is 0 Å². The molecule has 1 aliphatic carbocycles. The van der Waals surface area contributed by atoms with Gasteiger partial charge in [0.05, 0.1) is 5.69 Å². The topological polar surface area (TPSA) is 68.2 Å². The maximum atomic E-state index is 6.29. The van der Waals surface area contributed by atoms with Crippen molar-refractivity contribution in [3.63, 3.8) is 0 Å². The highest BCUT2D eigenvalue weighted by Crippen LogP contribution is 2.35. The van der Waals surface area contributed by atoms with Gasteiger partial charge in [-0.15, -0.1) is 0 Å². The number of hydrogen-bond acceptors (Lipinski definition) is 4. The van der Waals surface area contributed by atoms with Crippen molar-refractivity contribution in [2.75, 3.05) is 25.4 Å². The largest absolute Gasteiger partial charge is 0.384 e. The summed E-state index contributed by atoms with van der Waals surface area (Å²) in [5.41, 5.74) is 15.5. The van der Waals surface area contributed by atoms with Gasteiger partial charge in [0, 0.05) is 31.2 Å². The van der Waals surface area contributed by atoms with Gasteiger partial charge in [-0.05, 0) is 48.8 Å². The van der Waals surface area contributed by atoms with Crippen molar-refractivity contribution >= 4 is 5.82 Å². The van der Waals surface area contributed by atoms with Gasteiger partial charge in [-0.1, -0.05) is 30.3 Å². The lowest BCUT2D eigenvalue weighted by Crippen LogP contribution is -2.49. The van der Waals surface area contributed by atoms with Gasteiger partial charge in [-0.3, -0.25) is 0 Å². The Bertz CT molecular complexity index is 683. The van der Waals surface area contributed by atoms with Crippen LogP contribution in [0.2, 0.25) is 0 Å². The van der Waals surface area contributed by atoms with E-state index in [0.29, 0.717) is 11.9 Å². The Morgan fingerprint density at radius 1 is 1.00 bits per heavy atom. The van der Waals surface area contributed by atoms with E-state index in [-0.39, 0.29) is 0 Å². The average Bonchev–Trinajstić information content (AvgIpc) is 2.82. The van der Waals surface area contributed by atoms with E-state index in [1.54, 1.807) is 0 Å². The number of rotatable bonds is 4. The maximum Gasteiger partial charge on any atom is 0.124 e. The molecular formula is C20H26N4. The van der Waals surface area contributed by atoms with Gasteiger partial charge in [0.15, 0.2) is 0 Å². The quantitative estimate of drug-likeness (QED) is 0.908. The van der Waals surface area contributed by atoms with E-state index in [1.165, 1.54) is 31.5 Å². The highest BCUT2D eigenvalue weighted by molar-refractivity contribution is 5.61. The smallest absolute Gasteiger partial charge is 0.124 e. The Labute approximate surface area is 143 Å². The molecule has 2 aromatic rings. The van der Waals surface area contributed by atoms with Crippen molar-refractivity contribution < 1.29 is 0 Å². The third-order valence-corrected chi connectivity index (χ3v) is 5.72. The normalized spacial score (nSPS) is 26.6. The summed E-state index contributed by atoms with van der Waals surface area (Å²) in [6.07, 6.45) is 3.74. The average molecular weight is 322 g/mol. The minimum Gasteiger partial charge on any atom is -0.384 e. The molecule has 4 N–H and O–H groups in total. The van der Waals surface area contributed by atoms with Gasteiger partial charge >= 0.3 is 0 Å². The molecule has 24 heavy (non-hydrogen) atoms. The fourth-order valence-corrected chi connectivity index (χ4v) is 4.29. The second-order valence-electron chi connectivity index (χ2n) is 7.33. The van der Waals surface area contributed by atoms with Crippen LogP contribution in [-0.4, -0.2) is 35.6 Å². The summed E-state index contributed by atoms with van der Waals surface area (Å²) in [5, 5.41) is 0. The monoisotopic (exact) mass is 322 g/mol. The number of nitrogens with two attached hydrogens (primary N) is 2. The first-order valence-electron chi connectivity index (χ1n) is 8.99. The molecule has 4 heteroatoms. The number of piperidine rings is 1. The van der Waals surface area contributed by atoms with E-state index in [1.807, 2.05) is 18.2 Å². The molecule has 2 atom stereocenters. The third kappa shape index (κ3) is 3.17. The first-order chi connectivity index (χ1) is 11.7. The van der Waals surface area contributed by atoms with E-state index in [4.69, 9.17) is 11.5 Å². The molecule has 2 bridgehead atoms. The summed E-state index contributed by atoms with van der Waals surface area (Å²) < 4.78 is 0. The summed E-state index contributed by atoms with van der Waals surface area (Å²) in [5.74, 6) is 2.01. The minimum absolute atomic E-state index is 0.450. The predicted molar refractivity (Wildman–Crippen MR) is 98.4 cm³/mol. The molecule has 0 spiro atoms. The molecule has 0 amide bonds. The number of nitrogen functional groups attached to an aromatic ring is 1. The first kappa shape index (κ1) is 15.6. The molecular weight excluding hydrogens is 296 g/mol. The van der Waals surface area contributed by atoms with Gasteiger partial charge in [0.1, 0.15) is 5.82 Å². The number of aromatic nitrogens is 1. The first-order valence-corrected chi connectivity index (χ1v) is 8.99. The van der Waals surface area contributed by atoms with E-state index in [9.17, 15) is 0 Å². The molecule has 126 valence electrons. The lowest BCUT2D eigenvalue weighted by atomic mass is 9.93. The zero-order chi connectivity index (χ0) is 16.5. The molecule has 1 aliphatic heterocycles. The summed E-state index contributed by atoms with van der Waals surface area (Å²) in [6.45, 7) is 3.50. The fraction of sp³-hybridized carbons (Fsp3) is 0.450. The molecule has 2 unspecified atom stereocenters. The highest BCUT2D eigenvalue weighted by Gasteiger charge is 2.39. The van der Waals surface area contributed by atoms with Crippen molar-refractivity contribution in [1.29, 1.82) is 0 Å². The highest BCUT2D eigenvalue weighted by atomic mass is 15.1. The maximum absolute atomic E-state index is 6.29. The lowest BCUT2D eigenvalue weighted by Gasteiger charge is -2.36. The molecule has 1 aromatic carbocycles. The Morgan fingerprint density at radius 3 is 2.38 bits per heavy atom. The van der Waals surface area contributed by atoms with Gasteiger partial charge in [-0.2, -0.15) is 0 Å². The van der Waals surface area contributed by atoms with Crippen LogP contribution < -0.4 is 11.5 Å². The third-order valence-electron chi connectivity index (χ3n) is 5.72. The molecule has 1 saturated heterocycles. The second kappa shape index (κ2) is 6.54. The molecule has 2 heterocycles. The number of nitrogens with zero attached hydrogens (tertiary/aromatic N) is 2. The number of hydrogen-bond donors (Lipinski definition) is 2. The number of anilines is 1. The van der Waals surface area contributed by atoms with Crippen LogP contribution in [-0.2, 0) is 6.42 Å². The van der Waals surface area contributed by atoms with E-state index < -0.39 is 0 Å². The second-order valence-corrected chi connectivity index (χ2v) is 7.33. The number of pyridine rings is 1. The summed E-state index contributed by atoms with van der Waals surface area (Å²) in [7, 11) is 0. The number of fused-ring (bicyclic) bond motifs is 2. The zero-order valence-corrected chi connectivity index (χ0v) is 14.1. The van der Waals surface area contributed by atoms with Crippen LogP contribution in [0.5, 0.6) is 0 Å². The van der Waals surface area contributed by atoms with Crippen LogP contribution in [0.25, 0.3) is 11.3 Å². The fourth-order valence-electron chi connectivity index (χ4n) is 4.29. The van der Waals surface area contributed by atoms with E-state index >= 15 is 0 Å². The minimum atomic E-state index is 0.450. The Kier molecular flexibility index (Phi) is 4.25. The van der Waals surface area contributed by atoms with E-state index in [2.05, 4.69) is 34.1 Å². The van der Waals surface area contributed by atoms with Gasteiger partial charge < -0.3 is 16.4 Å². The van der Waals surface area contributed by atoms with Crippen molar-refractivity contribution in [3.05, 3.63) is 48.0 Å². The molecule has 0 radical (unpaired) electrons. The van der Waals surface area contributed by atoms with Gasteiger partial charge in [0.25, 0.3) is 0 Å². The van der Waals surface area contributed by atoms with Crippen LogP contribution in [0.15, 0.2) is 42.5 Å². The molecule has 4 rings (SSSR count). The summed E-state index contributed by atoms with van der Waals surface area (Å²) in [6, 6.07) is 14.9. The molecule has 2 fully saturated rings. The standard InChI is InChI=1S/C20H26N4/c21-19-3-1-2-18(23-19)15-6-4-14(5-7-15)10-11-24-12-16-8-9-17(13-24)20(16)22/h1-7,16-17,20H,8-13,22H2,(H2,21,23). The Hall–Kier alpha value is -1.91. The van der Waals surface area contributed by atoms with Gasteiger partial charge in [0.2, 0.25) is 0 Å². The Morgan fingerprint density at radius 2 is 1.71 bits per heavy atom. The van der Waals surface area contributed by atoms with Crippen LogP contribution in [0, 0.1) is 11.8 Å². The number of likely N-dealkylation sites (tertiary alicyclic amines) is 1. The van der Waals surface area contributed by atoms with Gasteiger partial charge in [-0.25, -0.2) is 4.98 Å². The molecule has 1 saturated carbocycles. The van der Waals surface area contributed by atoms with E-state index in [0.717, 1.165) is 36.1 Å². The van der Waals surface area contributed by atoms with Crippen molar-refractivity contribution in [1.82, 2.24) is 9.88 Å². The number of benzene rings is 1. The molecule has 1 aromatic heterocycles.